The molecule has 6 nitrogen and oxygen atoms in total. The third-order valence-corrected chi connectivity index (χ3v) is 5.47. The van der Waals surface area contributed by atoms with E-state index in [0.29, 0.717) is 15.9 Å². The second-order valence-corrected chi connectivity index (χ2v) is 6.78. The molecule has 0 aliphatic carbocycles. The second kappa shape index (κ2) is 4.96. The molecule has 4 rings (SSSR count). The Bertz CT molecular complexity index is 856. The van der Waals surface area contributed by atoms with Gasteiger partial charge in [-0.1, -0.05) is 11.6 Å². The van der Waals surface area contributed by atoms with Crippen molar-refractivity contribution in [3.63, 3.8) is 0 Å². The van der Waals surface area contributed by atoms with Crippen LogP contribution in [0.2, 0.25) is 5.02 Å². The van der Waals surface area contributed by atoms with E-state index in [1.165, 1.54) is 0 Å². The lowest BCUT2D eigenvalue weighted by molar-refractivity contribution is 0.658. The Kier molecular flexibility index (Phi) is 3.05. The second-order valence-electron chi connectivity index (χ2n) is 4.98. The number of anilines is 1. The summed E-state index contributed by atoms with van der Waals surface area (Å²) in [5.74, 6) is 1.49. The predicted octanol–water partition coefficient (Wildman–Crippen LogP) is 2.85. The summed E-state index contributed by atoms with van der Waals surface area (Å²) < 4.78 is 16.7. The van der Waals surface area contributed by atoms with Gasteiger partial charge in [-0.25, -0.2) is 13.5 Å². The fourth-order valence-corrected chi connectivity index (χ4v) is 4.01. The largest absolute Gasteiger partial charge is 0.269 e. The fraction of sp³-hybridized carbons (Fsp3) is 0.143. The molecule has 112 valence electrons. The van der Waals surface area contributed by atoms with Crippen molar-refractivity contribution in [2.75, 3.05) is 4.31 Å². The standard InChI is InChI=1S/C14H12ClN5OS/c1-9-12-8-17-18-13(12)19-7-6-16-14(19)20(9)22(21)11-4-2-10(15)3-5-11/h2-9H,1H3,(H,17,18). The number of benzene rings is 1. The molecule has 2 atom stereocenters. The lowest BCUT2D eigenvalue weighted by Gasteiger charge is -2.32. The van der Waals surface area contributed by atoms with Crippen LogP contribution in [0.4, 0.5) is 5.95 Å². The van der Waals surface area contributed by atoms with E-state index in [9.17, 15) is 4.21 Å². The zero-order valence-corrected chi connectivity index (χ0v) is 13.2. The van der Waals surface area contributed by atoms with E-state index in [1.54, 1.807) is 41.0 Å². The zero-order valence-electron chi connectivity index (χ0n) is 11.6. The summed E-state index contributed by atoms with van der Waals surface area (Å²) in [5.41, 5.74) is 0.979. The maximum atomic E-state index is 13.0. The van der Waals surface area contributed by atoms with Gasteiger partial charge in [0, 0.05) is 23.0 Å². The number of aromatic nitrogens is 4. The van der Waals surface area contributed by atoms with E-state index >= 15 is 0 Å². The van der Waals surface area contributed by atoms with Gasteiger partial charge >= 0.3 is 0 Å². The van der Waals surface area contributed by atoms with Crippen LogP contribution in [0.25, 0.3) is 5.82 Å². The SMILES string of the molecule is CC1c2cn[nH]c2-n2ccnc2N1S(=O)c1ccc(Cl)cc1. The van der Waals surface area contributed by atoms with Crippen molar-refractivity contribution in [3.05, 3.63) is 53.4 Å². The highest BCUT2D eigenvalue weighted by atomic mass is 35.5. The van der Waals surface area contributed by atoms with Crippen molar-refractivity contribution >= 4 is 28.5 Å². The van der Waals surface area contributed by atoms with Crippen LogP contribution in [-0.2, 0) is 11.0 Å². The molecule has 0 bridgehead atoms. The molecule has 1 aliphatic rings. The Morgan fingerprint density at radius 2 is 2.09 bits per heavy atom. The molecule has 1 N–H and O–H groups in total. The van der Waals surface area contributed by atoms with Gasteiger partial charge in [-0.2, -0.15) is 5.10 Å². The molecular weight excluding hydrogens is 322 g/mol. The highest BCUT2D eigenvalue weighted by Crippen LogP contribution is 2.38. The number of nitrogens with one attached hydrogen (secondary N) is 1. The Morgan fingerprint density at radius 1 is 1.32 bits per heavy atom. The van der Waals surface area contributed by atoms with E-state index in [4.69, 9.17) is 11.6 Å². The van der Waals surface area contributed by atoms with Gasteiger partial charge in [0.1, 0.15) is 5.82 Å². The van der Waals surface area contributed by atoms with Gasteiger partial charge in [0.15, 0.2) is 11.0 Å². The fourth-order valence-electron chi connectivity index (χ4n) is 2.60. The summed E-state index contributed by atoms with van der Waals surface area (Å²) in [6, 6.07) is 6.89. The van der Waals surface area contributed by atoms with Crippen molar-refractivity contribution < 1.29 is 4.21 Å². The van der Waals surface area contributed by atoms with Gasteiger partial charge in [0.25, 0.3) is 0 Å². The summed E-state index contributed by atoms with van der Waals surface area (Å²) in [4.78, 5) is 5.03. The van der Waals surface area contributed by atoms with Gasteiger partial charge in [-0.15, -0.1) is 0 Å². The Labute approximate surface area is 134 Å². The molecule has 0 fully saturated rings. The average Bonchev–Trinajstić information content (AvgIpc) is 3.16. The van der Waals surface area contributed by atoms with Crippen LogP contribution in [0.3, 0.4) is 0 Å². The number of nitrogens with zero attached hydrogens (tertiary/aromatic N) is 4. The van der Waals surface area contributed by atoms with E-state index in [2.05, 4.69) is 15.2 Å². The third-order valence-electron chi connectivity index (χ3n) is 3.70. The van der Waals surface area contributed by atoms with Crippen molar-refractivity contribution in [1.82, 2.24) is 19.7 Å². The number of imidazole rings is 1. The minimum Gasteiger partial charge on any atom is -0.269 e. The monoisotopic (exact) mass is 333 g/mol. The van der Waals surface area contributed by atoms with E-state index < -0.39 is 11.0 Å². The maximum Gasteiger partial charge on any atom is 0.224 e. The van der Waals surface area contributed by atoms with Gasteiger partial charge in [0.05, 0.1) is 17.1 Å². The molecule has 1 aromatic carbocycles. The molecule has 0 radical (unpaired) electrons. The summed E-state index contributed by atoms with van der Waals surface area (Å²) in [6.45, 7) is 1.99. The Balaban J connectivity index is 1.83. The number of halogens is 1. The average molecular weight is 334 g/mol. The smallest absolute Gasteiger partial charge is 0.224 e. The van der Waals surface area contributed by atoms with E-state index in [0.717, 1.165) is 11.4 Å². The first kappa shape index (κ1) is 13.5. The first-order valence-corrected chi connectivity index (χ1v) is 8.19. The van der Waals surface area contributed by atoms with Crippen molar-refractivity contribution in [2.24, 2.45) is 0 Å². The minimum atomic E-state index is -1.39. The van der Waals surface area contributed by atoms with Crippen LogP contribution >= 0.6 is 11.6 Å². The number of hydrogen-bond acceptors (Lipinski definition) is 3. The number of fused-ring (bicyclic) bond motifs is 3. The quantitative estimate of drug-likeness (QED) is 0.784. The first-order valence-electron chi connectivity index (χ1n) is 6.70. The molecule has 3 heterocycles. The molecule has 2 unspecified atom stereocenters. The number of H-pyrrole nitrogens is 1. The summed E-state index contributed by atoms with van der Waals surface area (Å²) in [5, 5.41) is 7.68. The molecule has 1 aliphatic heterocycles. The normalized spacial score (nSPS) is 17.9. The Morgan fingerprint density at radius 3 is 2.86 bits per heavy atom. The van der Waals surface area contributed by atoms with Crippen molar-refractivity contribution in [2.45, 2.75) is 17.9 Å². The van der Waals surface area contributed by atoms with E-state index in [1.807, 2.05) is 17.7 Å². The highest BCUT2D eigenvalue weighted by Gasteiger charge is 2.34. The van der Waals surface area contributed by atoms with Crippen LogP contribution in [0, 0.1) is 0 Å². The molecule has 22 heavy (non-hydrogen) atoms. The minimum absolute atomic E-state index is 0.111. The summed E-state index contributed by atoms with van der Waals surface area (Å²) in [7, 11) is -1.39. The lowest BCUT2D eigenvalue weighted by Crippen LogP contribution is -2.34. The molecule has 0 spiro atoms. The van der Waals surface area contributed by atoms with Gasteiger partial charge < -0.3 is 0 Å². The van der Waals surface area contributed by atoms with Crippen molar-refractivity contribution in [3.8, 4) is 5.82 Å². The highest BCUT2D eigenvalue weighted by molar-refractivity contribution is 7.86. The van der Waals surface area contributed by atoms with Crippen LogP contribution in [0.5, 0.6) is 0 Å². The van der Waals surface area contributed by atoms with Crippen LogP contribution in [-0.4, -0.2) is 24.0 Å². The van der Waals surface area contributed by atoms with Crippen LogP contribution < -0.4 is 4.31 Å². The first-order chi connectivity index (χ1) is 10.7. The van der Waals surface area contributed by atoms with Crippen LogP contribution in [0.1, 0.15) is 18.5 Å². The molecule has 0 saturated heterocycles. The summed E-state index contributed by atoms with van der Waals surface area (Å²) in [6.07, 6.45) is 5.27. The summed E-state index contributed by atoms with van der Waals surface area (Å²) >= 11 is 5.91. The number of hydrogen-bond donors (Lipinski definition) is 1. The lowest BCUT2D eigenvalue weighted by atomic mass is 10.1. The molecule has 2 aromatic heterocycles. The zero-order chi connectivity index (χ0) is 15.3. The topological polar surface area (TPSA) is 66.8 Å². The van der Waals surface area contributed by atoms with E-state index in [-0.39, 0.29) is 6.04 Å². The third kappa shape index (κ3) is 1.89. The predicted molar refractivity (Wildman–Crippen MR) is 84.5 cm³/mol. The number of aromatic amines is 1. The van der Waals surface area contributed by atoms with Gasteiger partial charge in [-0.3, -0.25) is 9.67 Å². The Hall–Kier alpha value is -2.12. The molecule has 3 aromatic rings. The molecule has 0 amide bonds. The molecule has 0 saturated carbocycles. The van der Waals surface area contributed by atoms with Gasteiger partial charge in [-0.05, 0) is 31.2 Å². The maximum absolute atomic E-state index is 13.0. The molecular formula is C14H12ClN5OS. The molecule has 8 heteroatoms. The van der Waals surface area contributed by atoms with Crippen molar-refractivity contribution in [1.29, 1.82) is 0 Å². The number of rotatable bonds is 2. The van der Waals surface area contributed by atoms with Gasteiger partial charge in [0.2, 0.25) is 5.95 Å². The van der Waals surface area contributed by atoms with Crippen LogP contribution in [0.15, 0.2) is 47.8 Å².